The first-order chi connectivity index (χ1) is 8.69. The van der Waals surface area contributed by atoms with Gasteiger partial charge >= 0.3 is 0 Å². The highest BCUT2D eigenvalue weighted by atomic mass is 15.3. The van der Waals surface area contributed by atoms with Crippen LogP contribution in [0.25, 0.3) is 0 Å². The van der Waals surface area contributed by atoms with Crippen LogP contribution in [-0.2, 0) is 13.1 Å². The molecule has 18 heavy (non-hydrogen) atoms. The zero-order valence-corrected chi connectivity index (χ0v) is 11.3. The molecule has 1 heterocycles. The Morgan fingerprint density at radius 1 is 1.22 bits per heavy atom. The monoisotopic (exact) mass is 244 g/mol. The lowest BCUT2D eigenvalue weighted by Gasteiger charge is -2.07. The van der Waals surface area contributed by atoms with E-state index < -0.39 is 0 Å². The molecule has 0 saturated carbocycles. The minimum atomic E-state index is 0.784. The Kier molecular flexibility index (Phi) is 4.10. The van der Waals surface area contributed by atoms with Gasteiger partial charge in [0, 0.05) is 6.54 Å². The molecule has 2 aromatic rings. The number of hydrogen-bond donors (Lipinski definition) is 1. The van der Waals surface area contributed by atoms with Crippen LogP contribution in [0.3, 0.4) is 0 Å². The fourth-order valence-corrected chi connectivity index (χ4v) is 1.99. The fraction of sp³-hybridized carbons (Fsp3) is 0.429. The summed E-state index contributed by atoms with van der Waals surface area (Å²) in [5, 5.41) is 7.72. The molecule has 1 aromatic heterocycles. The predicted molar refractivity (Wildman–Crippen MR) is 72.4 cm³/mol. The normalized spacial score (nSPS) is 10.8. The molecule has 0 bridgehead atoms. The summed E-state index contributed by atoms with van der Waals surface area (Å²) in [4.78, 5) is 4.32. The quantitative estimate of drug-likeness (QED) is 0.875. The maximum Gasteiger partial charge on any atom is 0.147 e. The first-order valence-corrected chi connectivity index (χ1v) is 6.35. The van der Waals surface area contributed by atoms with Crippen LogP contribution in [-0.4, -0.2) is 21.3 Å². The standard InChI is InChI=1S/C14H20N4/c1-4-15-9-13-6-5-7-14(8-13)10-18-12(3)16-11(2)17-18/h5-8,15H,4,9-10H2,1-3H3. The molecule has 0 fully saturated rings. The highest BCUT2D eigenvalue weighted by molar-refractivity contribution is 5.23. The number of nitrogens with one attached hydrogen (secondary N) is 1. The lowest BCUT2D eigenvalue weighted by Crippen LogP contribution is -2.12. The molecule has 0 amide bonds. The van der Waals surface area contributed by atoms with Crippen molar-refractivity contribution in [3.8, 4) is 0 Å². The molecule has 0 atom stereocenters. The van der Waals surface area contributed by atoms with Gasteiger partial charge in [0.2, 0.25) is 0 Å². The molecule has 0 radical (unpaired) electrons. The van der Waals surface area contributed by atoms with Crippen molar-refractivity contribution >= 4 is 0 Å². The van der Waals surface area contributed by atoms with Crippen molar-refractivity contribution in [1.29, 1.82) is 0 Å². The number of nitrogens with zero attached hydrogens (tertiary/aromatic N) is 3. The van der Waals surface area contributed by atoms with Crippen molar-refractivity contribution in [3.63, 3.8) is 0 Å². The van der Waals surface area contributed by atoms with Crippen molar-refractivity contribution in [2.24, 2.45) is 0 Å². The lowest BCUT2D eigenvalue weighted by molar-refractivity contribution is 0.654. The molecule has 2 rings (SSSR count). The Labute approximate surface area is 108 Å². The molecular weight excluding hydrogens is 224 g/mol. The average molecular weight is 244 g/mol. The minimum Gasteiger partial charge on any atom is -0.313 e. The maximum absolute atomic E-state index is 4.39. The van der Waals surface area contributed by atoms with Crippen molar-refractivity contribution in [1.82, 2.24) is 20.1 Å². The maximum atomic E-state index is 4.39. The second-order valence-corrected chi connectivity index (χ2v) is 4.46. The van der Waals surface area contributed by atoms with Gasteiger partial charge in [-0.2, -0.15) is 5.10 Å². The van der Waals surface area contributed by atoms with Crippen LogP contribution in [0.4, 0.5) is 0 Å². The average Bonchev–Trinajstić information content (AvgIpc) is 2.66. The van der Waals surface area contributed by atoms with Crippen LogP contribution in [0, 0.1) is 13.8 Å². The van der Waals surface area contributed by atoms with Crippen molar-refractivity contribution < 1.29 is 0 Å². The first kappa shape index (κ1) is 12.8. The molecule has 0 spiro atoms. The van der Waals surface area contributed by atoms with Gasteiger partial charge in [0.1, 0.15) is 11.6 Å². The summed E-state index contributed by atoms with van der Waals surface area (Å²) in [5.74, 6) is 1.79. The Hall–Kier alpha value is -1.68. The lowest BCUT2D eigenvalue weighted by atomic mass is 10.1. The Bertz CT molecular complexity index is 516. The third kappa shape index (κ3) is 3.17. The molecule has 4 heteroatoms. The van der Waals surface area contributed by atoms with Crippen LogP contribution in [0.15, 0.2) is 24.3 Å². The smallest absolute Gasteiger partial charge is 0.147 e. The summed E-state index contributed by atoms with van der Waals surface area (Å²) < 4.78 is 1.95. The summed E-state index contributed by atoms with van der Waals surface area (Å²) >= 11 is 0. The zero-order valence-electron chi connectivity index (χ0n) is 11.3. The van der Waals surface area contributed by atoms with Crippen LogP contribution in [0.5, 0.6) is 0 Å². The Morgan fingerprint density at radius 2 is 2.00 bits per heavy atom. The van der Waals surface area contributed by atoms with E-state index in [9.17, 15) is 0 Å². The molecule has 0 aliphatic rings. The second-order valence-electron chi connectivity index (χ2n) is 4.46. The van der Waals surface area contributed by atoms with Crippen LogP contribution in [0.1, 0.15) is 29.7 Å². The van der Waals surface area contributed by atoms with E-state index in [1.165, 1.54) is 11.1 Å². The Morgan fingerprint density at radius 3 is 2.67 bits per heavy atom. The van der Waals surface area contributed by atoms with E-state index in [1.807, 2.05) is 18.5 Å². The molecule has 0 saturated heterocycles. The van der Waals surface area contributed by atoms with Gasteiger partial charge in [0.05, 0.1) is 6.54 Å². The van der Waals surface area contributed by atoms with Crippen LogP contribution < -0.4 is 5.32 Å². The number of hydrogen-bond acceptors (Lipinski definition) is 3. The minimum absolute atomic E-state index is 0.784. The number of aryl methyl sites for hydroxylation is 2. The van der Waals surface area contributed by atoms with Gasteiger partial charge in [-0.15, -0.1) is 0 Å². The summed E-state index contributed by atoms with van der Waals surface area (Å²) in [6.45, 7) is 8.72. The van der Waals surface area contributed by atoms with Gasteiger partial charge in [0.15, 0.2) is 0 Å². The summed E-state index contributed by atoms with van der Waals surface area (Å²) in [6, 6.07) is 8.59. The van der Waals surface area contributed by atoms with E-state index in [1.54, 1.807) is 0 Å². The third-order valence-electron chi connectivity index (χ3n) is 2.87. The predicted octanol–water partition coefficient (Wildman–Crippen LogP) is 2.05. The van der Waals surface area contributed by atoms with E-state index in [2.05, 4.69) is 46.6 Å². The molecule has 1 aromatic carbocycles. The molecule has 1 N–H and O–H groups in total. The molecular formula is C14H20N4. The van der Waals surface area contributed by atoms with Gasteiger partial charge in [-0.05, 0) is 31.5 Å². The van der Waals surface area contributed by atoms with E-state index >= 15 is 0 Å². The summed E-state index contributed by atoms with van der Waals surface area (Å²) in [7, 11) is 0. The number of benzene rings is 1. The second kappa shape index (κ2) is 5.78. The van der Waals surface area contributed by atoms with E-state index in [-0.39, 0.29) is 0 Å². The molecule has 96 valence electrons. The van der Waals surface area contributed by atoms with Gasteiger partial charge in [-0.1, -0.05) is 31.2 Å². The highest BCUT2D eigenvalue weighted by Crippen LogP contribution is 2.08. The molecule has 0 aliphatic carbocycles. The van der Waals surface area contributed by atoms with Crippen molar-refractivity contribution in [2.45, 2.75) is 33.9 Å². The summed E-state index contributed by atoms with van der Waals surface area (Å²) in [5.41, 5.74) is 2.57. The van der Waals surface area contributed by atoms with E-state index in [4.69, 9.17) is 0 Å². The van der Waals surface area contributed by atoms with E-state index in [0.29, 0.717) is 0 Å². The number of aromatic nitrogens is 3. The number of rotatable bonds is 5. The van der Waals surface area contributed by atoms with Crippen LogP contribution in [0.2, 0.25) is 0 Å². The molecule has 0 unspecified atom stereocenters. The Balaban J connectivity index is 2.11. The first-order valence-electron chi connectivity index (χ1n) is 6.35. The van der Waals surface area contributed by atoms with E-state index in [0.717, 1.165) is 31.3 Å². The van der Waals surface area contributed by atoms with Gasteiger partial charge in [-0.25, -0.2) is 9.67 Å². The third-order valence-corrected chi connectivity index (χ3v) is 2.87. The van der Waals surface area contributed by atoms with Crippen molar-refractivity contribution in [2.75, 3.05) is 6.54 Å². The van der Waals surface area contributed by atoms with Gasteiger partial charge in [0.25, 0.3) is 0 Å². The largest absolute Gasteiger partial charge is 0.313 e. The van der Waals surface area contributed by atoms with Gasteiger partial charge in [-0.3, -0.25) is 0 Å². The zero-order chi connectivity index (χ0) is 13.0. The fourth-order valence-electron chi connectivity index (χ4n) is 1.99. The summed E-state index contributed by atoms with van der Waals surface area (Å²) in [6.07, 6.45) is 0. The highest BCUT2D eigenvalue weighted by Gasteiger charge is 2.03. The van der Waals surface area contributed by atoms with Crippen molar-refractivity contribution in [3.05, 3.63) is 47.0 Å². The molecule has 0 aliphatic heterocycles. The van der Waals surface area contributed by atoms with Gasteiger partial charge < -0.3 is 5.32 Å². The molecule has 4 nitrogen and oxygen atoms in total. The topological polar surface area (TPSA) is 42.7 Å². The SMILES string of the molecule is CCNCc1cccc(Cn2nc(C)nc2C)c1. The van der Waals surface area contributed by atoms with Crippen LogP contribution >= 0.6 is 0 Å².